The molecule has 0 amide bonds. The predicted octanol–water partition coefficient (Wildman–Crippen LogP) is 4.31. The maximum absolute atomic E-state index is 8.85. The number of aromatic amines is 1. The van der Waals surface area contributed by atoms with E-state index in [1.165, 1.54) is 10.9 Å². The maximum Gasteiger partial charge on any atom is 0.101 e. The van der Waals surface area contributed by atoms with E-state index < -0.39 is 0 Å². The van der Waals surface area contributed by atoms with Crippen molar-refractivity contribution >= 4 is 28.2 Å². The molecule has 0 saturated carbocycles. The summed E-state index contributed by atoms with van der Waals surface area (Å²) >= 11 is 6.02. The van der Waals surface area contributed by atoms with Crippen molar-refractivity contribution in [3.8, 4) is 6.07 Å². The van der Waals surface area contributed by atoms with Crippen molar-refractivity contribution < 1.29 is 0 Å². The number of nitrogens with one attached hydrogen (secondary N) is 2. The lowest BCUT2D eigenvalue weighted by Gasteiger charge is -2.08. The van der Waals surface area contributed by atoms with Crippen LogP contribution in [0.1, 0.15) is 11.1 Å². The van der Waals surface area contributed by atoms with Gasteiger partial charge in [0.15, 0.2) is 0 Å². The first-order chi connectivity index (χ1) is 9.78. The van der Waals surface area contributed by atoms with Crippen LogP contribution in [-0.4, -0.2) is 4.98 Å². The van der Waals surface area contributed by atoms with Crippen molar-refractivity contribution in [3.05, 3.63) is 64.8 Å². The van der Waals surface area contributed by atoms with E-state index in [0.717, 1.165) is 11.2 Å². The molecule has 0 bridgehead atoms. The van der Waals surface area contributed by atoms with Gasteiger partial charge in [-0.05, 0) is 35.9 Å². The van der Waals surface area contributed by atoms with Gasteiger partial charge in [0.2, 0.25) is 0 Å². The van der Waals surface area contributed by atoms with Crippen LogP contribution in [0.25, 0.3) is 10.9 Å². The number of anilines is 1. The van der Waals surface area contributed by atoms with Crippen LogP contribution in [-0.2, 0) is 6.54 Å². The first-order valence-corrected chi connectivity index (χ1v) is 6.64. The second kappa shape index (κ2) is 5.28. The molecule has 0 aliphatic carbocycles. The molecule has 1 heterocycles. The molecule has 20 heavy (non-hydrogen) atoms. The molecule has 3 aromatic rings. The molecule has 0 aliphatic heterocycles. The summed E-state index contributed by atoms with van der Waals surface area (Å²) in [5, 5.41) is 13.9. The summed E-state index contributed by atoms with van der Waals surface area (Å²) in [5.41, 5.74) is 3.73. The molecule has 4 heteroatoms. The van der Waals surface area contributed by atoms with Gasteiger partial charge < -0.3 is 10.3 Å². The van der Waals surface area contributed by atoms with Gasteiger partial charge in [0.25, 0.3) is 0 Å². The van der Waals surface area contributed by atoms with Gasteiger partial charge in [-0.3, -0.25) is 0 Å². The fraction of sp³-hybridized carbons (Fsp3) is 0.0625. The summed E-state index contributed by atoms with van der Waals surface area (Å²) in [7, 11) is 0. The Morgan fingerprint density at radius 3 is 2.90 bits per heavy atom. The van der Waals surface area contributed by atoms with Gasteiger partial charge in [0.1, 0.15) is 6.07 Å². The third kappa shape index (κ3) is 2.34. The van der Waals surface area contributed by atoms with Crippen molar-refractivity contribution in [2.45, 2.75) is 6.54 Å². The lowest BCUT2D eigenvalue weighted by molar-refractivity contribution is 1.17. The topological polar surface area (TPSA) is 51.6 Å². The Morgan fingerprint density at radius 2 is 2.10 bits per heavy atom. The molecule has 0 saturated heterocycles. The summed E-state index contributed by atoms with van der Waals surface area (Å²) in [6.07, 6.45) is 1.94. The highest BCUT2D eigenvalue weighted by Crippen LogP contribution is 2.22. The normalized spacial score (nSPS) is 10.4. The molecule has 3 nitrogen and oxygen atoms in total. The second-order valence-electron chi connectivity index (χ2n) is 4.52. The van der Waals surface area contributed by atoms with Crippen molar-refractivity contribution in [1.29, 1.82) is 5.26 Å². The molecule has 2 N–H and O–H groups in total. The molecular weight excluding hydrogens is 270 g/mol. The Hall–Kier alpha value is -2.44. The van der Waals surface area contributed by atoms with Crippen molar-refractivity contribution in [1.82, 2.24) is 4.98 Å². The van der Waals surface area contributed by atoms with Gasteiger partial charge in [-0.1, -0.05) is 23.7 Å². The highest BCUT2D eigenvalue weighted by atomic mass is 35.5. The van der Waals surface area contributed by atoms with Gasteiger partial charge in [-0.15, -0.1) is 0 Å². The van der Waals surface area contributed by atoms with E-state index in [1.54, 1.807) is 12.1 Å². The Morgan fingerprint density at radius 1 is 1.20 bits per heavy atom. The third-order valence-corrected chi connectivity index (χ3v) is 3.57. The Balaban J connectivity index is 1.81. The van der Waals surface area contributed by atoms with E-state index in [1.807, 2.05) is 18.3 Å². The van der Waals surface area contributed by atoms with Gasteiger partial charge in [0, 0.05) is 29.3 Å². The van der Waals surface area contributed by atoms with Gasteiger partial charge in [0.05, 0.1) is 10.6 Å². The first kappa shape index (κ1) is 12.6. The highest BCUT2D eigenvalue weighted by molar-refractivity contribution is 6.32. The lowest BCUT2D eigenvalue weighted by Crippen LogP contribution is -1.99. The molecule has 0 radical (unpaired) electrons. The lowest BCUT2D eigenvalue weighted by atomic mass is 10.1. The molecule has 98 valence electrons. The summed E-state index contributed by atoms with van der Waals surface area (Å²) < 4.78 is 0. The zero-order valence-corrected chi connectivity index (χ0v) is 11.4. The van der Waals surface area contributed by atoms with Crippen LogP contribution in [0.4, 0.5) is 5.69 Å². The summed E-state index contributed by atoms with van der Waals surface area (Å²) in [6, 6.07) is 15.7. The van der Waals surface area contributed by atoms with E-state index in [4.69, 9.17) is 16.9 Å². The summed E-state index contributed by atoms with van der Waals surface area (Å²) in [6.45, 7) is 0.706. The zero-order chi connectivity index (χ0) is 13.9. The van der Waals surface area contributed by atoms with Gasteiger partial charge >= 0.3 is 0 Å². The predicted molar refractivity (Wildman–Crippen MR) is 81.8 cm³/mol. The van der Waals surface area contributed by atoms with Gasteiger partial charge in [-0.25, -0.2) is 0 Å². The number of H-pyrrole nitrogens is 1. The van der Waals surface area contributed by atoms with Crippen LogP contribution in [0.2, 0.25) is 5.02 Å². The molecule has 0 fully saturated rings. The van der Waals surface area contributed by atoms with E-state index >= 15 is 0 Å². The number of aromatic nitrogens is 1. The Bertz CT molecular complexity index is 799. The summed E-state index contributed by atoms with van der Waals surface area (Å²) in [5.74, 6) is 0. The smallest absolute Gasteiger partial charge is 0.101 e. The molecule has 2 aromatic carbocycles. The largest absolute Gasteiger partial charge is 0.381 e. The minimum Gasteiger partial charge on any atom is -0.381 e. The standard InChI is InChI=1S/C16H12ClN3/c17-15-8-13(5-4-11(15)9-18)20-10-12-2-1-3-16-14(12)6-7-19-16/h1-8,19-20H,10H2. The number of fused-ring (bicyclic) bond motifs is 1. The van der Waals surface area contributed by atoms with Crippen LogP contribution in [0.3, 0.4) is 0 Å². The van der Waals surface area contributed by atoms with Crippen LogP contribution in [0.5, 0.6) is 0 Å². The van der Waals surface area contributed by atoms with Crippen LogP contribution in [0.15, 0.2) is 48.7 Å². The monoisotopic (exact) mass is 281 g/mol. The summed E-state index contributed by atoms with van der Waals surface area (Å²) in [4.78, 5) is 3.20. The van der Waals surface area contributed by atoms with E-state index in [-0.39, 0.29) is 0 Å². The maximum atomic E-state index is 8.85. The fourth-order valence-electron chi connectivity index (χ4n) is 2.22. The van der Waals surface area contributed by atoms with Gasteiger partial charge in [-0.2, -0.15) is 5.26 Å². The van der Waals surface area contributed by atoms with E-state index in [9.17, 15) is 0 Å². The second-order valence-corrected chi connectivity index (χ2v) is 4.92. The van der Waals surface area contributed by atoms with E-state index in [0.29, 0.717) is 17.1 Å². The van der Waals surface area contributed by atoms with Crippen molar-refractivity contribution in [3.63, 3.8) is 0 Å². The average molecular weight is 282 g/mol. The quantitative estimate of drug-likeness (QED) is 0.752. The number of nitrogens with zero attached hydrogens (tertiary/aromatic N) is 1. The van der Waals surface area contributed by atoms with Crippen LogP contribution < -0.4 is 5.32 Å². The molecule has 0 atom stereocenters. The van der Waals surface area contributed by atoms with E-state index in [2.05, 4.69) is 34.6 Å². The number of benzene rings is 2. The first-order valence-electron chi connectivity index (χ1n) is 6.26. The van der Waals surface area contributed by atoms with Crippen LogP contribution >= 0.6 is 11.6 Å². The minimum atomic E-state index is 0.470. The molecule has 3 rings (SSSR count). The number of hydrogen-bond acceptors (Lipinski definition) is 2. The third-order valence-electron chi connectivity index (χ3n) is 3.26. The average Bonchev–Trinajstić information content (AvgIpc) is 2.94. The molecule has 1 aromatic heterocycles. The number of halogens is 1. The molecule has 0 unspecified atom stereocenters. The number of nitriles is 1. The SMILES string of the molecule is N#Cc1ccc(NCc2cccc3[nH]ccc23)cc1Cl. The van der Waals surface area contributed by atoms with Crippen molar-refractivity contribution in [2.24, 2.45) is 0 Å². The number of hydrogen-bond donors (Lipinski definition) is 2. The molecule has 0 aliphatic rings. The molecule has 0 spiro atoms. The molecular formula is C16H12ClN3. The Kier molecular flexibility index (Phi) is 3.32. The number of rotatable bonds is 3. The van der Waals surface area contributed by atoms with Crippen molar-refractivity contribution in [2.75, 3.05) is 5.32 Å². The highest BCUT2D eigenvalue weighted by Gasteiger charge is 2.03. The Labute approximate surface area is 121 Å². The fourth-order valence-corrected chi connectivity index (χ4v) is 2.44. The van der Waals surface area contributed by atoms with Crippen LogP contribution in [0, 0.1) is 11.3 Å². The minimum absolute atomic E-state index is 0.470. The zero-order valence-electron chi connectivity index (χ0n) is 10.7.